The second-order valence-corrected chi connectivity index (χ2v) is 10.5. The molecule has 2 aliphatic rings. The highest BCUT2D eigenvalue weighted by Crippen LogP contribution is 2.36. The topological polar surface area (TPSA) is 103 Å². The summed E-state index contributed by atoms with van der Waals surface area (Å²) in [5, 5.41) is 9.30. The van der Waals surface area contributed by atoms with Crippen molar-refractivity contribution < 1.29 is 28.7 Å². The summed E-state index contributed by atoms with van der Waals surface area (Å²) in [6.07, 6.45) is 5.36. The van der Waals surface area contributed by atoms with E-state index in [9.17, 15) is 9.90 Å². The number of aryl methyl sites for hydroxylation is 2. The number of methoxy groups -OCH3 is 2. The Labute approximate surface area is 219 Å². The predicted molar refractivity (Wildman–Crippen MR) is 143 cm³/mol. The molecule has 0 aliphatic carbocycles. The van der Waals surface area contributed by atoms with Crippen molar-refractivity contribution in [3.8, 4) is 11.5 Å². The molecular weight excluding hydrogens is 473 g/mol. The molecule has 0 aromatic carbocycles. The van der Waals surface area contributed by atoms with Gasteiger partial charge in [0.2, 0.25) is 0 Å². The van der Waals surface area contributed by atoms with Crippen molar-refractivity contribution in [2.24, 2.45) is 5.92 Å². The van der Waals surface area contributed by atoms with Gasteiger partial charge < -0.3 is 23.9 Å². The van der Waals surface area contributed by atoms with Gasteiger partial charge in [-0.2, -0.15) is 0 Å². The highest BCUT2D eigenvalue weighted by atomic mass is 16.7. The fourth-order valence-corrected chi connectivity index (χ4v) is 4.06. The molecule has 1 saturated heterocycles. The van der Waals surface area contributed by atoms with Crippen LogP contribution < -0.4 is 14.9 Å². The molecule has 2 aliphatic heterocycles. The van der Waals surface area contributed by atoms with Crippen LogP contribution in [0.2, 0.25) is 0 Å². The van der Waals surface area contributed by atoms with Gasteiger partial charge in [-0.05, 0) is 66.0 Å². The van der Waals surface area contributed by atoms with Crippen LogP contribution in [0.4, 0.5) is 4.79 Å². The number of hydrogen-bond acceptors (Lipinski definition) is 7. The molecule has 0 bridgehead atoms. The lowest BCUT2D eigenvalue weighted by atomic mass is 9.80. The Bertz CT molecular complexity index is 1150. The van der Waals surface area contributed by atoms with Crippen molar-refractivity contribution >= 4 is 24.4 Å². The highest BCUT2D eigenvalue weighted by Gasteiger charge is 2.51. The average Bonchev–Trinajstić information content (AvgIpc) is 3.06. The van der Waals surface area contributed by atoms with Crippen molar-refractivity contribution in [2.75, 3.05) is 20.8 Å². The fourth-order valence-electron chi connectivity index (χ4n) is 4.06. The van der Waals surface area contributed by atoms with Gasteiger partial charge in [0.25, 0.3) is 0 Å². The second-order valence-electron chi connectivity index (χ2n) is 10.5. The molecule has 10 heteroatoms. The first-order valence-electron chi connectivity index (χ1n) is 12.4. The molecule has 1 fully saturated rings. The van der Waals surface area contributed by atoms with E-state index < -0.39 is 13.2 Å². The number of carbonyl (C=O) groups is 1. The number of rotatable bonds is 4. The third-order valence-corrected chi connectivity index (χ3v) is 7.09. The van der Waals surface area contributed by atoms with Gasteiger partial charge in [-0.3, -0.25) is 14.9 Å². The second kappa shape index (κ2) is 11.1. The first kappa shape index (κ1) is 28.5. The number of allylic oxidation sites excluding steroid dienone is 1. The van der Waals surface area contributed by atoms with E-state index >= 15 is 0 Å². The maximum absolute atomic E-state index is 11.3. The molecule has 2 aromatic heterocycles. The lowest BCUT2D eigenvalue weighted by molar-refractivity contribution is 0.00578. The molecule has 0 radical (unpaired) electrons. The third-order valence-electron chi connectivity index (χ3n) is 7.09. The van der Waals surface area contributed by atoms with Gasteiger partial charge in [0, 0.05) is 30.0 Å². The molecule has 0 saturated carbocycles. The molecule has 200 valence electrons. The van der Waals surface area contributed by atoms with Crippen LogP contribution in [0.5, 0.6) is 11.5 Å². The molecule has 0 unspecified atom stereocenters. The Kier molecular flexibility index (Phi) is 8.54. The van der Waals surface area contributed by atoms with Crippen LogP contribution in [-0.2, 0) is 9.31 Å². The summed E-state index contributed by atoms with van der Waals surface area (Å²) in [5.41, 5.74) is 3.32. The zero-order chi connectivity index (χ0) is 27.5. The van der Waals surface area contributed by atoms with E-state index in [4.69, 9.17) is 18.8 Å². The minimum absolute atomic E-state index is 0.333. The van der Waals surface area contributed by atoms with Crippen molar-refractivity contribution in [1.82, 2.24) is 14.9 Å². The fraction of sp³-hybridized carbons (Fsp3) is 0.519. The predicted octanol–water partition coefficient (Wildman–Crippen LogP) is 4.46. The highest BCUT2D eigenvalue weighted by molar-refractivity contribution is 6.62. The number of carboxylic acid groups (broad SMARTS) is 1. The van der Waals surface area contributed by atoms with E-state index in [-0.39, 0.29) is 11.2 Å². The van der Waals surface area contributed by atoms with Crippen LogP contribution in [0.1, 0.15) is 58.0 Å². The van der Waals surface area contributed by atoms with E-state index in [0.717, 1.165) is 34.6 Å². The quantitative estimate of drug-likeness (QED) is 0.601. The minimum Gasteiger partial charge on any atom is -0.495 e. The molecule has 4 rings (SSSR count). The van der Waals surface area contributed by atoms with Gasteiger partial charge in [0.05, 0.1) is 42.5 Å². The van der Waals surface area contributed by atoms with Crippen LogP contribution in [0.25, 0.3) is 5.70 Å². The van der Waals surface area contributed by atoms with E-state index in [1.54, 1.807) is 26.6 Å². The largest absolute Gasteiger partial charge is 0.496 e. The van der Waals surface area contributed by atoms with Gasteiger partial charge >= 0.3 is 13.2 Å². The number of ether oxygens (including phenoxy) is 2. The number of aromatic nitrogens is 2. The molecule has 1 atom stereocenters. The lowest BCUT2D eigenvalue weighted by Crippen LogP contribution is -2.41. The first-order valence-corrected chi connectivity index (χ1v) is 12.4. The summed E-state index contributed by atoms with van der Waals surface area (Å²) in [7, 11) is 2.83. The van der Waals surface area contributed by atoms with Gasteiger partial charge in [0.1, 0.15) is 11.5 Å². The molecule has 1 N–H and O–H groups in total. The van der Waals surface area contributed by atoms with Gasteiger partial charge in [-0.25, -0.2) is 4.79 Å². The van der Waals surface area contributed by atoms with Crippen molar-refractivity contribution in [3.05, 3.63) is 47.6 Å². The molecule has 1 amide bonds. The van der Waals surface area contributed by atoms with E-state index in [2.05, 4.69) is 9.97 Å². The smallest absolute Gasteiger partial charge is 0.495 e. The summed E-state index contributed by atoms with van der Waals surface area (Å²) in [6, 6.07) is 3.75. The number of pyridine rings is 2. The molecule has 9 nitrogen and oxygen atoms in total. The van der Waals surface area contributed by atoms with Crippen LogP contribution in [0.3, 0.4) is 0 Å². The Morgan fingerprint density at radius 1 is 1.03 bits per heavy atom. The lowest BCUT2D eigenvalue weighted by Gasteiger charge is -2.32. The summed E-state index contributed by atoms with van der Waals surface area (Å²) in [4.78, 5) is 21.3. The van der Waals surface area contributed by atoms with Crippen LogP contribution in [0.15, 0.2) is 30.6 Å². The van der Waals surface area contributed by atoms with E-state index in [1.165, 1.54) is 4.90 Å². The van der Waals surface area contributed by atoms with Crippen LogP contribution in [0, 0.1) is 19.8 Å². The van der Waals surface area contributed by atoms with Crippen molar-refractivity contribution in [2.45, 2.75) is 66.1 Å². The maximum atomic E-state index is 11.3. The molecule has 2 aromatic rings. The Hall–Kier alpha value is -3.11. The zero-order valence-electron chi connectivity index (χ0n) is 23.3. The summed E-state index contributed by atoms with van der Waals surface area (Å²) in [6.45, 7) is 14.5. The number of amides is 1. The molecular formula is C27H38BN3O6. The monoisotopic (exact) mass is 511 g/mol. The molecule has 0 spiro atoms. The van der Waals surface area contributed by atoms with Crippen LogP contribution >= 0.6 is 0 Å². The number of nitrogens with zero attached hydrogens (tertiary/aromatic N) is 3. The summed E-state index contributed by atoms with van der Waals surface area (Å²) >= 11 is 0. The summed E-state index contributed by atoms with van der Waals surface area (Å²) < 4.78 is 22.5. The SMILES string of the molecule is COc1cc(B2OC(C)(C)C(C)(C)O2)cnc1C.COc1cc(C2=CC[C@H](C)CN2C(=O)O)cnc1C. The summed E-state index contributed by atoms with van der Waals surface area (Å²) in [5.74, 6) is 1.75. The Morgan fingerprint density at radius 3 is 2.11 bits per heavy atom. The zero-order valence-corrected chi connectivity index (χ0v) is 23.3. The standard InChI is InChI=1S/C14H18N2O3.C13H20BNO3/c1-9-4-5-12(16(8-9)14(17)18)11-6-13(19-3)10(2)15-7-11;1-9-11(16-6)7-10(8-15-9)14-17-12(2,3)13(4,5)18-14/h5-7,9H,4,8H2,1-3H3,(H,17,18);7-8H,1-6H3/t9-;/m0./s1. The van der Waals surface area contributed by atoms with Crippen molar-refractivity contribution in [1.29, 1.82) is 0 Å². The molecule has 37 heavy (non-hydrogen) atoms. The first-order chi connectivity index (χ1) is 17.3. The minimum atomic E-state index is -0.933. The van der Waals surface area contributed by atoms with E-state index in [0.29, 0.717) is 23.9 Å². The normalized spacial score (nSPS) is 20.0. The Morgan fingerprint density at radius 2 is 1.57 bits per heavy atom. The van der Waals surface area contributed by atoms with E-state index in [1.807, 2.05) is 66.7 Å². The molecule has 4 heterocycles. The van der Waals surface area contributed by atoms with Gasteiger partial charge in [0.15, 0.2) is 0 Å². The third kappa shape index (κ3) is 6.25. The number of hydrogen-bond donors (Lipinski definition) is 1. The average molecular weight is 511 g/mol. The van der Waals surface area contributed by atoms with Crippen molar-refractivity contribution in [3.63, 3.8) is 0 Å². The van der Waals surface area contributed by atoms with Gasteiger partial charge in [-0.15, -0.1) is 0 Å². The van der Waals surface area contributed by atoms with Crippen LogP contribution in [-0.4, -0.2) is 65.2 Å². The Balaban J connectivity index is 0.000000206. The van der Waals surface area contributed by atoms with Gasteiger partial charge in [-0.1, -0.05) is 13.0 Å². The maximum Gasteiger partial charge on any atom is 0.496 e.